The summed E-state index contributed by atoms with van der Waals surface area (Å²) in [6, 6.07) is 5.17. The van der Waals surface area contributed by atoms with Gasteiger partial charge < -0.3 is 5.11 Å². The molecule has 1 fully saturated rings. The molecular weight excluding hydrogens is 216 g/mol. The molecule has 0 atom stereocenters. The molecule has 1 N–H and O–H groups in total. The van der Waals surface area contributed by atoms with Crippen LogP contribution in [-0.4, -0.2) is 34.0 Å². The fourth-order valence-electron chi connectivity index (χ4n) is 2.28. The van der Waals surface area contributed by atoms with E-state index < -0.39 is 5.97 Å². The Balaban J connectivity index is 2.04. The fraction of sp³-hybridized carbons (Fsp3) is 0.538. The van der Waals surface area contributed by atoms with Crippen molar-refractivity contribution >= 4 is 5.97 Å². The number of carbonyl (C=O) groups is 1. The Bertz CT molecular complexity index is 429. The molecule has 1 aliphatic rings. The fourth-order valence-corrected chi connectivity index (χ4v) is 2.28. The standard InChI is InChI=1S/C13H18N2O2/c1-13(2)6-7-15(9-13)8-10-4-3-5-11(14-10)12(16)17/h3-5H,6-9H2,1-2H3,(H,16,17). The second-order valence-corrected chi connectivity index (χ2v) is 5.44. The van der Waals surface area contributed by atoms with Crippen LogP contribution in [0.25, 0.3) is 0 Å². The maximum absolute atomic E-state index is 10.8. The van der Waals surface area contributed by atoms with Crippen LogP contribution < -0.4 is 0 Å². The van der Waals surface area contributed by atoms with Crippen molar-refractivity contribution in [2.24, 2.45) is 5.41 Å². The third kappa shape index (κ3) is 3.03. The summed E-state index contributed by atoms with van der Waals surface area (Å²) in [6.45, 7) is 7.37. The van der Waals surface area contributed by atoms with E-state index in [1.165, 1.54) is 12.5 Å². The molecule has 0 unspecified atom stereocenters. The predicted octanol–water partition coefficient (Wildman–Crippen LogP) is 2.01. The highest BCUT2D eigenvalue weighted by atomic mass is 16.4. The summed E-state index contributed by atoms with van der Waals surface area (Å²) in [4.78, 5) is 17.3. The van der Waals surface area contributed by atoms with E-state index in [0.29, 0.717) is 5.41 Å². The van der Waals surface area contributed by atoms with Gasteiger partial charge in [0.1, 0.15) is 5.69 Å². The zero-order valence-corrected chi connectivity index (χ0v) is 10.3. The van der Waals surface area contributed by atoms with Gasteiger partial charge in [-0.15, -0.1) is 0 Å². The van der Waals surface area contributed by atoms with E-state index in [0.717, 1.165) is 25.3 Å². The highest BCUT2D eigenvalue weighted by molar-refractivity contribution is 5.85. The Labute approximate surface area is 101 Å². The number of aromatic nitrogens is 1. The lowest BCUT2D eigenvalue weighted by molar-refractivity contribution is 0.0690. The van der Waals surface area contributed by atoms with Crippen LogP contribution in [0.4, 0.5) is 0 Å². The molecule has 0 radical (unpaired) electrons. The van der Waals surface area contributed by atoms with Gasteiger partial charge in [0.15, 0.2) is 0 Å². The number of aromatic carboxylic acids is 1. The maximum Gasteiger partial charge on any atom is 0.354 e. The lowest BCUT2D eigenvalue weighted by Gasteiger charge is -2.19. The van der Waals surface area contributed by atoms with Gasteiger partial charge in [-0.05, 0) is 30.5 Å². The number of nitrogens with zero attached hydrogens (tertiary/aromatic N) is 2. The van der Waals surface area contributed by atoms with E-state index in [-0.39, 0.29) is 5.69 Å². The molecule has 0 saturated carbocycles. The largest absolute Gasteiger partial charge is 0.477 e. The number of likely N-dealkylation sites (tertiary alicyclic amines) is 1. The van der Waals surface area contributed by atoms with Crippen molar-refractivity contribution < 1.29 is 9.90 Å². The lowest BCUT2D eigenvalue weighted by Crippen LogP contribution is -2.23. The molecule has 1 aliphatic heterocycles. The van der Waals surface area contributed by atoms with Gasteiger partial charge in [0, 0.05) is 13.1 Å². The van der Waals surface area contributed by atoms with Crippen LogP contribution in [0.15, 0.2) is 18.2 Å². The normalized spacial score (nSPS) is 19.4. The van der Waals surface area contributed by atoms with Gasteiger partial charge in [0.2, 0.25) is 0 Å². The molecule has 0 aromatic carbocycles. The number of carboxylic acids is 1. The van der Waals surface area contributed by atoms with Crippen molar-refractivity contribution in [3.63, 3.8) is 0 Å². The minimum absolute atomic E-state index is 0.126. The highest BCUT2D eigenvalue weighted by Crippen LogP contribution is 2.29. The zero-order valence-electron chi connectivity index (χ0n) is 10.3. The van der Waals surface area contributed by atoms with Crippen LogP contribution >= 0.6 is 0 Å². The summed E-state index contributed by atoms with van der Waals surface area (Å²) in [5.41, 5.74) is 1.33. The molecule has 1 aromatic rings. The monoisotopic (exact) mass is 234 g/mol. The minimum Gasteiger partial charge on any atom is -0.477 e. The van der Waals surface area contributed by atoms with Crippen molar-refractivity contribution in [1.29, 1.82) is 0 Å². The number of rotatable bonds is 3. The van der Waals surface area contributed by atoms with Crippen molar-refractivity contribution in [3.05, 3.63) is 29.6 Å². The first kappa shape index (κ1) is 12.0. The van der Waals surface area contributed by atoms with E-state index >= 15 is 0 Å². The molecule has 2 heterocycles. The first-order chi connectivity index (χ1) is 7.96. The molecule has 92 valence electrons. The molecule has 0 bridgehead atoms. The Kier molecular flexibility index (Phi) is 3.15. The first-order valence-corrected chi connectivity index (χ1v) is 5.88. The van der Waals surface area contributed by atoms with E-state index in [9.17, 15) is 4.79 Å². The van der Waals surface area contributed by atoms with Gasteiger partial charge in [-0.3, -0.25) is 4.90 Å². The van der Waals surface area contributed by atoms with Gasteiger partial charge in [0.05, 0.1) is 5.69 Å². The SMILES string of the molecule is CC1(C)CCN(Cc2cccc(C(=O)O)n2)C1. The second-order valence-electron chi connectivity index (χ2n) is 5.44. The van der Waals surface area contributed by atoms with Crippen molar-refractivity contribution in [1.82, 2.24) is 9.88 Å². The van der Waals surface area contributed by atoms with Crippen molar-refractivity contribution in [2.75, 3.05) is 13.1 Å². The molecule has 0 aliphatic carbocycles. The topological polar surface area (TPSA) is 53.4 Å². The highest BCUT2D eigenvalue weighted by Gasteiger charge is 2.29. The molecular formula is C13H18N2O2. The summed E-state index contributed by atoms with van der Waals surface area (Å²) in [5, 5.41) is 8.88. The van der Waals surface area contributed by atoms with Crippen LogP contribution in [0, 0.1) is 5.41 Å². The zero-order chi connectivity index (χ0) is 12.5. The number of pyridine rings is 1. The summed E-state index contributed by atoms with van der Waals surface area (Å²) in [5.74, 6) is -0.964. The van der Waals surface area contributed by atoms with E-state index in [1.54, 1.807) is 6.07 Å². The lowest BCUT2D eigenvalue weighted by atomic mass is 9.93. The van der Waals surface area contributed by atoms with Gasteiger partial charge >= 0.3 is 5.97 Å². The Hall–Kier alpha value is -1.42. The molecule has 0 spiro atoms. The third-order valence-electron chi connectivity index (χ3n) is 3.17. The Morgan fingerprint density at radius 3 is 2.88 bits per heavy atom. The molecule has 1 saturated heterocycles. The molecule has 4 heteroatoms. The van der Waals surface area contributed by atoms with Crippen LogP contribution in [0.1, 0.15) is 36.5 Å². The van der Waals surface area contributed by atoms with Crippen LogP contribution in [0.5, 0.6) is 0 Å². The summed E-state index contributed by atoms with van der Waals surface area (Å²) < 4.78 is 0. The van der Waals surface area contributed by atoms with Crippen LogP contribution in [0.3, 0.4) is 0 Å². The number of hydrogen-bond acceptors (Lipinski definition) is 3. The van der Waals surface area contributed by atoms with E-state index in [1.807, 2.05) is 6.07 Å². The summed E-state index contributed by atoms with van der Waals surface area (Å²) in [6.07, 6.45) is 1.19. The van der Waals surface area contributed by atoms with E-state index in [2.05, 4.69) is 23.7 Å². The molecule has 4 nitrogen and oxygen atoms in total. The van der Waals surface area contributed by atoms with Gasteiger partial charge in [-0.1, -0.05) is 19.9 Å². The van der Waals surface area contributed by atoms with Crippen LogP contribution in [-0.2, 0) is 6.54 Å². The van der Waals surface area contributed by atoms with Gasteiger partial charge in [0.25, 0.3) is 0 Å². The van der Waals surface area contributed by atoms with Crippen molar-refractivity contribution in [2.45, 2.75) is 26.8 Å². The van der Waals surface area contributed by atoms with Gasteiger partial charge in [-0.25, -0.2) is 9.78 Å². The van der Waals surface area contributed by atoms with Crippen molar-refractivity contribution in [3.8, 4) is 0 Å². The number of hydrogen-bond donors (Lipinski definition) is 1. The molecule has 2 rings (SSSR count). The Morgan fingerprint density at radius 2 is 2.29 bits per heavy atom. The van der Waals surface area contributed by atoms with Gasteiger partial charge in [-0.2, -0.15) is 0 Å². The average molecular weight is 234 g/mol. The van der Waals surface area contributed by atoms with Crippen LogP contribution in [0.2, 0.25) is 0 Å². The summed E-state index contributed by atoms with van der Waals surface area (Å²) in [7, 11) is 0. The average Bonchev–Trinajstić information content (AvgIpc) is 2.58. The number of carboxylic acid groups (broad SMARTS) is 1. The van der Waals surface area contributed by atoms with E-state index in [4.69, 9.17) is 5.11 Å². The molecule has 1 aromatic heterocycles. The predicted molar refractivity (Wildman–Crippen MR) is 64.9 cm³/mol. The summed E-state index contributed by atoms with van der Waals surface area (Å²) >= 11 is 0. The third-order valence-corrected chi connectivity index (χ3v) is 3.17. The smallest absolute Gasteiger partial charge is 0.354 e. The quantitative estimate of drug-likeness (QED) is 0.869. The first-order valence-electron chi connectivity index (χ1n) is 5.88. The maximum atomic E-state index is 10.8. The Morgan fingerprint density at radius 1 is 1.53 bits per heavy atom. The second kappa shape index (κ2) is 4.45. The molecule has 0 amide bonds. The minimum atomic E-state index is -0.964. The molecule has 17 heavy (non-hydrogen) atoms.